The van der Waals surface area contributed by atoms with Gasteiger partial charge in [0, 0.05) is 35.2 Å². The highest BCUT2D eigenvalue weighted by Gasteiger charge is 2.24. The number of benzene rings is 4. The van der Waals surface area contributed by atoms with Gasteiger partial charge in [-0.25, -0.2) is 26.6 Å². The third-order valence-electron chi connectivity index (χ3n) is 7.25. The van der Waals surface area contributed by atoms with Crippen LogP contribution in [-0.2, 0) is 10.0 Å². The van der Waals surface area contributed by atoms with Gasteiger partial charge in [-0.15, -0.1) is 0 Å². The molecule has 0 bridgehead atoms. The Bertz CT molecular complexity index is 2150. The number of alkyl halides is 1. The minimum atomic E-state index is -3.80. The van der Waals surface area contributed by atoms with Crippen molar-refractivity contribution in [3.8, 4) is 33.9 Å². The lowest BCUT2D eigenvalue weighted by Gasteiger charge is -2.21. The quantitative estimate of drug-likeness (QED) is 0.171. The summed E-state index contributed by atoms with van der Waals surface area (Å²) in [6.45, 7) is 1.34. The highest BCUT2D eigenvalue weighted by Crippen LogP contribution is 2.42. The largest absolute Gasteiger partial charge is 0.455 e. The maximum Gasteiger partial charge on any atom is 0.232 e. The molecule has 2 aromatic heterocycles. The molecule has 11 heteroatoms. The van der Waals surface area contributed by atoms with Crippen LogP contribution in [0.25, 0.3) is 56.0 Å². The van der Waals surface area contributed by atoms with Crippen molar-refractivity contribution in [1.29, 1.82) is 0 Å². The van der Waals surface area contributed by atoms with Crippen LogP contribution in [0.4, 0.5) is 18.9 Å². The van der Waals surface area contributed by atoms with E-state index in [-0.39, 0.29) is 45.1 Å². The minimum absolute atomic E-state index is 0.0130. The molecule has 0 aliphatic carbocycles. The Morgan fingerprint density at radius 2 is 1.63 bits per heavy atom. The Morgan fingerprint density at radius 1 is 0.907 bits per heavy atom. The summed E-state index contributed by atoms with van der Waals surface area (Å²) in [4.78, 5) is 16.6. The van der Waals surface area contributed by atoms with E-state index in [0.29, 0.717) is 33.9 Å². The molecule has 0 spiro atoms. The molecule has 0 radical (unpaired) electrons. The number of carbonyl (C=O) groups excluding carboxylic acids is 1. The number of sulfonamides is 1. The SMILES string of the molecule is CC(F)c1cc(-c2nc3c(F)cccc3o2)cc(-c2cc3c(C=O)c(-c4ccc(F)cc4)oc3cc2N(C)S(C)(=O)=O)c1. The molecule has 4 aromatic carbocycles. The number of anilines is 1. The summed E-state index contributed by atoms with van der Waals surface area (Å²) in [5.41, 5.74) is 2.50. The van der Waals surface area contributed by atoms with E-state index in [2.05, 4.69) is 4.98 Å². The van der Waals surface area contributed by atoms with Crippen molar-refractivity contribution in [2.45, 2.75) is 13.1 Å². The smallest absolute Gasteiger partial charge is 0.232 e. The van der Waals surface area contributed by atoms with E-state index < -0.39 is 27.8 Å². The van der Waals surface area contributed by atoms with Gasteiger partial charge in [0.2, 0.25) is 15.9 Å². The summed E-state index contributed by atoms with van der Waals surface area (Å²) >= 11 is 0. The average molecular weight is 605 g/mol. The summed E-state index contributed by atoms with van der Waals surface area (Å²) in [6.07, 6.45) is 0.193. The van der Waals surface area contributed by atoms with Crippen molar-refractivity contribution in [2.75, 3.05) is 17.6 Å². The fraction of sp³-hybridized carbons (Fsp3) is 0.125. The number of furan rings is 1. The molecule has 6 rings (SSSR count). The van der Waals surface area contributed by atoms with Crippen LogP contribution in [0.15, 0.2) is 81.6 Å². The van der Waals surface area contributed by atoms with Crippen molar-refractivity contribution >= 4 is 44.1 Å². The van der Waals surface area contributed by atoms with E-state index in [1.54, 1.807) is 24.3 Å². The third kappa shape index (κ3) is 5.05. The van der Waals surface area contributed by atoms with Gasteiger partial charge in [-0.1, -0.05) is 6.07 Å². The Kier molecular flexibility index (Phi) is 6.84. The molecule has 6 aromatic rings. The number of aromatic nitrogens is 1. The molecular weight excluding hydrogens is 581 g/mol. The zero-order valence-corrected chi connectivity index (χ0v) is 23.9. The van der Waals surface area contributed by atoms with Gasteiger partial charge >= 0.3 is 0 Å². The van der Waals surface area contributed by atoms with Gasteiger partial charge in [-0.3, -0.25) is 9.10 Å². The lowest BCUT2D eigenvalue weighted by Crippen LogP contribution is -2.25. The van der Waals surface area contributed by atoms with Crippen molar-refractivity contribution in [1.82, 2.24) is 4.98 Å². The van der Waals surface area contributed by atoms with E-state index >= 15 is 0 Å². The third-order valence-corrected chi connectivity index (χ3v) is 8.44. The van der Waals surface area contributed by atoms with Gasteiger partial charge in [0.05, 0.1) is 17.5 Å². The molecular formula is C32H23F3N2O5S. The van der Waals surface area contributed by atoms with Gasteiger partial charge in [0.15, 0.2) is 17.7 Å². The molecule has 0 fully saturated rings. The standard InChI is InChI=1S/C32H23F3N2O5S/c1-17(33)19-11-20(13-21(12-19)32-36-30-26(35)5-4-6-28(30)42-32)23-14-24-25(16-38)31(18-7-9-22(34)10-8-18)41-29(24)15-27(23)37(2)43(3,39)40/h4-17H,1-3H3. The van der Waals surface area contributed by atoms with Crippen molar-refractivity contribution in [2.24, 2.45) is 0 Å². The molecule has 43 heavy (non-hydrogen) atoms. The molecule has 0 N–H and O–H groups in total. The van der Waals surface area contributed by atoms with Crippen molar-refractivity contribution in [3.63, 3.8) is 0 Å². The van der Waals surface area contributed by atoms with Crippen LogP contribution in [0.1, 0.15) is 29.0 Å². The molecule has 0 aliphatic rings. The number of hydrogen-bond donors (Lipinski definition) is 0. The summed E-state index contributed by atoms with van der Waals surface area (Å²) in [5, 5.41) is 0.360. The lowest BCUT2D eigenvalue weighted by atomic mass is 9.95. The van der Waals surface area contributed by atoms with Crippen LogP contribution >= 0.6 is 0 Å². The van der Waals surface area contributed by atoms with Gasteiger partial charge in [0.25, 0.3) is 0 Å². The molecule has 0 saturated heterocycles. The minimum Gasteiger partial charge on any atom is -0.455 e. The highest BCUT2D eigenvalue weighted by atomic mass is 32.2. The van der Waals surface area contributed by atoms with Gasteiger partial charge < -0.3 is 8.83 Å². The maximum atomic E-state index is 14.8. The first-order chi connectivity index (χ1) is 20.4. The monoisotopic (exact) mass is 604 g/mol. The summed E-state index contributed by atoms with van der Waals surface area (Å²) < 4.78 is 81.1. The second kappa shape index (κ2) is 10.4. The second-order valence-corrected chi connectivity index (χ2v) is 12.1. The van der Waals surface area contributed by atoms with Crippen LogP contribution in [0.5, 0.6) is 0 Å². The Hall–Kier alpha value is -4.90. The van der Waals surface area contributed by atoms with Crippen LogP contribution in [0.2, 0.25) is 0 Å². The van der Waals surface area contributed by atoms with Gasteiger partial charge in [0.1, 0.15) is 28.8 Å². The summed E-state index contributed by atoms with van der Waals surface area (Å²) in [6, 6.07) is 17.4. The summed E-state index contributed by atoms with van der Waals surface area (Å²) in [7, 11) is -2.44. The Balaban J connectivity index is 1.63. The van der Waals surface area contributed by atoms with E-state index in [0.717, 1.165) is 10.6 Å². The van der Waals surface area contributed by atoms with Crippen LogP contribution in [0, 0.1) is 11.6 Å². The normalized spacial score (nSPS) is 12.6. The number of aldehydes is 1. The molecule has 218 valence electrons. The number of para-hydroxylation sites is 1. The zero-order chi connectivity index (χ0) is 30.6. The fourth-order valence-corrected chi connectivity index (χ4v) is 5.46. The van der Waals surface area contributed by atoms with Gasteiger partial charge in [-0.2, -0.15) is 0 Å². The number of hydrogen-bond acceptors (Lipinski definition) is 6. The first-order valence-electron chi connectivity index (χ1n) is 13.0. The average Bonchev–Trinajstić information content (AvgIpc) is 3.58. The predicted molar refractivity (Wildman–Crippen MR) is 158 cm³/mol. The van der Waals surface area contributed by atoms with E-state index in [9.17, 15) is 26.4 Å². The van der Waals surface area contributed by atoms with Crippen molar-refractivity contribution < 1.29 is 35.2 Å². The second-order valence-electron chi connectivity index (χ2n) is 10.1. The lowest BCUT2D eigenvalue weighted by molar-refractivity contribution is 0.112. The van der Waals surface area contributed by atoms with E-state index in [4.69, 9.17) is 8.83 Å². The number of fused-ring (bicyclic) bond motifs is 2. The Morgan fingerprint density at radius 3 is 2.28 bits per heavy atom. The van der Waals surface area contributed by atoms with Crippen LogP contribution in [0.3, 0.4) is 0 Å². The fourth-order valence-electron chi connectivity index (χ4n) is 4.95. The molecule has 7 nitrogen and oxygen atoms in total. The number of halogens is 3. The molecule has 1 atom stereocenters. The first kappa shape index (κ1) is 28.2. The zero-order valence-electron chi connectivity index (χ0n) is 23.1. The van der Waals surface area contributed by atoms with Crippen LogP contribution < -0.4 is 4.31 Å². The predicted octanol–water partition coefficient (Wildman–Crippen LogP) is 8.09. The molecule has 2 heterocycles. The molecule has 0 saturated carbocycles. The molecule has 0 amide bonds. The van der Waals surface area contributed by atoms with E-state index in [1.807, 2.05) is 0 Å². The molecule has 1 unspecified atom stereocenters. The van der Waals surface area contributed by atoms with E-state index in [1.165, 1.54) is 62.5 Å². The highest BCUT2D eigenvalue weighted by molar-refractivity contribution is 7.92. The molecule has 0 aliphatic heterocycles. The maximum absolute atomic E-state index is 14.8. The van der Waals surface area contributed by atoms with Crippen LogP contribution in [-0.4, -0.2) is 33.0 Å². The number of carbonyl (C=O) groups is 1. The topological polar surface area (TPSA) is 93.6 Å². The number of nitrogens with zero attached hydrogens (tertiary/aromatic N) is 2. The first-order valence-corrected chi connectivity index (χ1v) is 14.9. The van der Waals surface area contributed by atoms with Gasteiger partial charge in [-0.05, 0) is 78.7 Å². The summed E-state index contributed by atoms with van der Waals surface area (Å²) in [5.74, 6) is -0.830. The number of rotatable bonds is 7. The number of oxazole rings is 1. The van der Waals surface area contributed by atoms with Crippen molar-refractivity contribution in [3.05, 3.63) is 95.6 Å². The Labute approximate surface area is 244 Å².